The SMILES string of the molecule is Cc1nn(C(C)C)c(C)c1CN1CCO[C@H](c2cccc(Cc3ccccc3Cl)n2)C1. The van der Waals surface area contributed by atoms with E-state index >= 15 is 0 Å². The van der Waals surface area contributed by atoms with Crippen molar-refractivity contribution >= 4 is 11.6 Å². The van der Waals surface area contributed by atoms with E-state index in [0.29, 0.717) is 12.6 Å². The third-order valence-electron chi connectivity index (χ3n) is 5.98. The van der Waals surface area contributed by atoms with Crippen molar-refractivity contribution in [3.05, 3.63) is 81.4 Å². The molecule has 1 aliphatic heterocycles. The molecule has 0 bridgehead atoms. The standard InChI is InChI=1S/C25H31ClN4O/c1-17(2)30-19(4)22(18(3)28-30)15-29-12-13-31-25(16-29)24-11-7-9-21(27-24)14-20-8-5-6-10-23(20)26/h5-11,17,25H,12-16H2,1-4H3/t25-/m0/s1. The summed E-state index contributed by atoms with van der Waals surface area (Å²) in [5.41, 5.74) is 6.80. The smallest absolute Gasteiger partial charge is 0.112 e. The summed E-state index contributed by atoms with van der Waals surface area (Å²) in [5.74, 6) is 0. The van der Waals surface area contributed by atoms with Crippen LogP contribution in [0.1, 0.15) is 59.9 Å². The predicted octanol–water partition coefficient (Wildman–Crippen LogP) is 5.29. The van der Waals surface area contributed by atoms with Gasteiger partial charge in [-0.05, 0) is 51.5 Å². The van der Waals surface area contributed by atoms with Crippen molar-refractivity contribution in [2.24, 2.45) is 0 Å². The molecule has 0 unspecified atom stereocenters. The Hall–Kier alpha value is -2.21. The minimum absolute atomic E-state index is 0.0271. The van der Waals surface area contributed by atoms with Gasteiger partial charge in [-0.1, -0.05) is 35.9 Å². The van der Waals surface area contributed by atoms with E-state index in [1.165, 1.54) is 11.3 Å². The van der Waals surface area contributed by atoms with E-state index in [2.05, 4.69) is 61.5 Å². The van der Waals surface area contributed by atoms with E-state index in [9.17, 15) is 0 Å². The highest BCUT2D eigenvalue weighted by Gasteiger charge is 2.25. The zero-order valence-corrected chi connectivity index (χ0v) is 19.6. The van der Waals surface area contributed by atoms with Crippen molar-refractivity contribution in [1.29, 1.82) is 0 Å². The number of aryl methyl sites for hydroxylation is 1. The van der Waals surface area contributed by atoms with Crippen LogP contribution in [0.2, 0.25) is 5.02 Å². The average Bonchev–Trinajstić information content (AvgIpc) is 3.04. The fourth-order valence-electron chi connectivity index (χ4n) is 4.29. The molecule has 0 N–H and O–H groups in total. The molecule has 6 heteroatoms. The molecular weight excluding hydrogens is 408 g/mol. The lowest BCUT2D eigenvalue weighted by Gasteiger charge is -2.33. The number of hydrogen-bond acceptors (Lipinski definition) is 4. The molecule has 1 aromatic carbocycles. The fraction of sp³-hybridized carbons (Fsp3) is 0.440. The molecular formula is C25H31ClN4O. The first-order valence-corrected chi connectivity index (χ1v) is 11.4. The summed E-state index contributed by atoms with van der Waals surface area (Å²) in [6.45, 7) is 12.0. The first kappa shape index (κ1) is 22.0. The topological polar surface area (TPSA) is 43.2 Å². The van der Waals surface area contributed by atoms with Crippen LogP contribution in [0.4, 0.5) is 0 Å². The molecule has 0 radical (unpaired) electrons. The van der Waals surface area contributed by atoms with Gasteiger partial charge in [-0.25, -0.2) is 0 Å². The fourth-order valence-corrected chi connectivity index (χ4v) is 4.49. The van der Waals surface area contributed by atoms with Crippen molar-refractivity contribution in [3.63, 3.8) is 0 Å². The molecule has 1 saturated heterocycles. The normalized spacial score (nSPS) is 17.4. The molecule has 4 rings (SSSR count). The number of rotatable bonds is 6. The van der Waals surface area contributed by atoms with Crippen LogP contribution in [0, 0.1) is 13.8 Å². The molecule has 164 valence electrons. The molecule has 0 amide bonds. The van der Waals surface area contributed by atoms with Crippen LogP contribution < -0.4 is 0 Å². The van der Waals surface area contributed by atoms with Crippen LogP contribution in [0.5, 0.6) is 0 Å². The lowest BCUT2D eigenvalue weighted by atomic mass is 10.1. The first-order valence-electron chi connectivity index (χ1n) is 11.0. The Labute approximate surface area is 190 Å². The number of morpholine rings is 1. The lowest BCUT2D eigenvalue weighted by Crippen LogP contribution is -2.38. The summed E-state index contributed by atoms with van der Waals surface area (Å²) in [5, 5.41) is 5.53. The van der Waals surface area contributed by atoms with Gasteiger partial charge in [0.25, 0.3) is 0 Å². The second-order valence-corrected chi connectivity index (χ2v) is 9.01. The molecule has 0 saturated carbocycles. The van der Waals surface area contributed by atoms with Crippen molar-refractivity contribution < 1.29 is 4.74 Å². The summed E-state index contributed by atoms with van der Waals surface area (Å²) >= 11 is 6.34. The third-order valence-corrected chi connectivity index (χ3v) is 6.35. The Balaban J connectivity index is 1.47. The summed E-state index contributed by atoms with van der Waals surface area (Å²) in [7, 11) is 0. The van der Waals surface area contributed by atoms with Crippen LogP contribution in [-0.4, -0.2) is 39.4 Å². The van der Waals surface area contributed by atoms with Crippen LogP contribution in [0.15, 0.2) is 42.5 Å². The molecule has 2 aromatic heterocycles. The van der Waals surface area contributed by atoms with Gasteiger partial charge in [0, 0.05) is 54.1 Å². The molecule has 1 fully saturated rings. The van der Waals surface area contributed by atoms with Gasteiger partial charge in [0.15, 0.2) is 0 Å². The molecule has 0 aliphatic carbocycles. The molecule has 1 aliphatic rings. The molecule has 5 nitrogen and oxygen atoms in total. The van der Waals surface area contributed by atoms with E-state index < -0.39 is 0 Å². The van der Waals surface area contributed by atoms with Crippen LogP contribution in [0.3, 0.4) is 0 Å². The van der Waals surface area contributed by atoms with Crippen LogP contribution in [-0.2, 0) is 17.7 Å². The van der Waals surface area contributed by atoms with E-state index in [1.54, 1.807) is 0 Å². The number of pyridine rings is 1. The highest BCUT2D eigenvalue weighted by molar-refractivity contribution is 6.31. The maximum Gasteiger partial charge on any atom is 0.112 e. The van der Waals surface area contributed by atoms with Crippen molar-refractivity contribution in [2.45, 2.75) is 52.8 Å². The lowest BCUT2D eigenvalue weighted by molar-refractivity contribution is -0.0351. The predicted molar refractivity (Wildman–Crippen MR) is 125 cm³/mol. The Morgan fingerprint density at radius 3 is 2.68 bits per heavy atom. The minimum Gasteiger partial charge on any atom is -0.369 e. The Morgan fingerprint density at radius 1 is 1.13 bits per heavy atom. The Bertz CT molecular complexity index is 1050. The minimum atomic E-state index is -0.0271. The van der Waals surface area contributed by atoms with Crippen LogP contribution >= 0.6 is 11.6 Å². The monoisotopic (exact) mass is 438 g/mol. The van der Waals surface area contributed by atoms with Crippen molar-refractivity contribution in [2.75, 3.05) is 19.7 Å². The number of aromatic nitrogens is 3. The van der Waals surface area contributed by atoms with E-state index in [4.69, 9.17) is 26.4 Å². The van der Waals surface area contributed by atoms with E-state index in [0.717, 1.165) is 53.7 Å². The van der Waals surface area contributed by atoms with Gasteiger partial charge in [0.2, 0.25) is 0 Å². The van der Waals surface area contributed by atoms with Crippen molar-refractivity contribution in [3.8, 4) is 0 Å². The van der Waals surface area contributed by atoms with E-state index in [-0.39, 0.29) is 6.10 Å². The third kappa shape index (κ3) is 5.00. The summed E-state index contributed by atoms with van der Waals surface area (Å²) in [4.78, 5) is 7.37. The number of hydrogen-bond donors (Lipinski definition) is 0. The van der Waals surface area contributed by atoms with Gasteiger partial charge >= 0.3 is 0 Å². The summed E-state index contributed by atoms with van der Waals surface area (Å²) in [6.07, 6.45) is 0.692. The van der Waals surface area contributed by atoms with Gasteiger partial charge in [-0.15, -0.1) is 0 Å². The number of ether oxygens (including phenoxy) is 1. The zero-order valence-electron chi connectivity index (χ0n) is 18.8. The Morgan fingerprint density at radius 2 is 1.94 bits per heavy atom. The zero-order chi connectivity index (χ0) is 22.0. The second-order valence-electron chi connectivity index (χ2n) is 8.60. The maximum atomic E-state index is 6.34. The van der Waals surface area contributed by atoms with E-state index in [1.807, 2.05) is 18.2 Å². The summed E-state index contributed by atoms with van der Waals surface area (Å²) < 4.78 is 8.24. The first-order chi connectivity index (χ1) is 14.9. The van der Waals surface area contributed by atoms with Gasteiger partial charge in [-0.3, -0.25) is 14.6 Å². The highest BCUT2D eigenvalue weighted by Crippen LogP contribution is 2.26. The van der Waals surface area contributed by atoms with Gasteiger partial charge in [-0.2, -0.15) is 5.10 Å². The molecule has 3 aromatic rings. The second kappa shape index (κ2) is 9.51. The van der Waals surface area contributed by atoms with Gasteiger partial charge in [0.05, 0.1) is 18.0 Å². The largest absolute Gasteiger partial charge is 0.369 e. The van der Waals surface area contributed by atoms with Crippen LogP contribution in [0.25, 0.3) is 0 Å². The van der Waals surface area contributed by atoms with Gasteiger partial charge < -0.3 is 4.74 Å². The van der Waals surface area contributed by atoms with Gasteiger partial charge in [0.1, 0.15) is 6.10 Å². The number of benzene rings is 1. The highest BCUT2D eigenvalue weighted by atomic mass is 35.5. The molecule has 3 heterocycles. The quantitative estimate of drug-likeness (QED) is 0.524. The Kier molecular flexibility index (Phi) is 6.75. The molecule has 1 atom stereocenters. The maximum absolute atomic E-state index is 6.34. The number of halogens is 1. The van der Waals surface area contributed by atoms with Crippen molar-refractivity contribution in [1.82, 2.24) is 19.7 Å². The number of nitrogens with zero attached hydrogens (tertiary/aromatic N) is 4. The molecule has 31 heavy (non-hydrogen) atoms. The molecule has 0 spiro atoms. The average molecular weight is 439 g/mol. The summed E-state index contributed by atoms with van der Waals surface area (Å²) in [6, 6.07) is 14.5.